The second kappa shape index (κ2) is 8.44. The van der Waals surface area contributed by atoms with E-state index in [2.05, 4.69) is 15.3 Å². The molecule has 0 atom stereocenters. The van der Waals surface area contributed by atoms with Crippen LogP contribution in [-0.2, 0) is 11.3 Å². The van der Waals surface area contributed by atoms with Gasteiger partial charge in [0.15, 0.2) is 5.82 Å². The molecule has 0 radical (unpaired) electrons. The molecule has 0 aliphatic carbocycles. The van der Waals surface area contributed by atoms with Crippen molar-refractivity contribution in [2.45, 2.75) is 13.5 Å². The number of halogens is 1. The van der Waals surface area contributed by atoms with Gasteiger partial charge in [-0.1, -0.05) is 29.8 Å². The Bertz CT molecular complexity index is 552. The predicted octanol–water partition coefficient (Wildman–Crippen LogP) is 3.16. The second-order valence-electron chi connectivity index (χ2n) is 4.22. The molecule has 1 N–H and O–H groups in total. The van der Waals surface area contributed by atoms with E-state index in [1.165, 1.54) is 0 Å². The topological polar surface area (TPSA) is 56.3 Å². The minimum absolute atomic E-state index is 0.353. The maximum absolute atomic E-state index is 5.96. The number of hydrogen-bond donors (Lipinski definition) is 1. The summed E-state index contributed by atoms with van der Waals surface area (Å²) in [6.45, 7) is 4.04. The van der Waals surface area contributed by atoms with Gasteiger partial charge in [0.2, 0.25) is 0 Å². The van der Waals surface area contributed by atoms with Crippen molar-refractivity contribution in [3.8, 4) is 5.75 Å². The third-order valence-corrected chi connectivity index (χ3v) is 2.79. The molecule has 1 aromatic heterocycles. The molecule has 0 aliphatic heterocycles. The number of ether oxygens (including phenoxy) is 2. The smallest absolute Gasteiger partial charge is 0.158 e. The van der Waals surface area contributed by atoms with Gasteiger partial charge in [0.25, 0.3) is 0 Å². The SMILES string of the molecule is CCOCc1nc(Cl)cc(NCCOc2ccccc2)n1. The Hall–Kier alpha value is -1.85. The van der Waals surface area contributed by atoms with Crippen LogP contribution >= 0.6 is 11.6 Å². The molecular formula is C15H18ClN3O2. The number of nitrogens with one attached hydrogen (secondary N) is 1. The average Bonchev–Trinajstić information content (AvgIpc) is 2.50. The fourth-order valence-corrected chi connectivity index (χ4v) is 1.88. The molecule has 0 spiro atoms. The fraction of sp³-hybridized carbons (Fsp3) is 0.333. The maximum Gasteiger partial charge on any atom is 0.158 e. The summed E-state index contributed by atoms with van der Waals surface area (Å²) in [5.41, 5.74) is 0. The van der Waals surface area contributed by atoms with Crippen molar-refractivity contribution in [1.29, 1.82) is 0 Å². The first-order valence-corrected chi connectivity index (χ1v) is 7.18. The van der Waals surface area contributed by atoms with Crippen LogP contribution < -0.4 is 10.1 Å². The van der Waals surface area contributed by atoms with Gasteiger partial charge in [0.1, 0.15) is 29.9 Å². The van der Waals surface area contributed by atoms with E-state index in [1.54, 1.807) is 6.07 Å². The largest absolute Gasteiger partial charge is 0.492 e. The van der Waals surface area contributed by atoms with Crippen molar-refractivity contribution >= 4 is 17.4 Å². The highest BCUT2D eigenvalue weighted by Crippen LogP contribution is 2.12. The summed E-state index contributed by atoms with van der Waals surface area (Å²) in [5, 5.41) is 3.55. The molecule has 2 aromatic rings. The summed E-state index contributed by atoms with van der Waals surface area (Å²) >= 11 is 5.96. The summed E-state index contributed by atoms with van der Waals surface area (Å²) in [5.74, 6) is 2.08. The van der Waals surface area contributed by atoms with E-state index >= 15 is 0 Å². The van der Waals surface area contributed by atoms with Crippen LogP contribution in [0.25, 0.3) is 0 Å². The first-order chi connectivity index (χ1) is 10.3. The van der Waals surface area contributed by atoms with Crippen molar-refractivity contribution in [3.05, 3.63) is 47.4 Å². The molecule has 21 heavy (non-hydrogen) atoms. The first kappa shape index (κ1) is 15.5. The van der Waals surface area contributed by atoms with Crippen molar-refractivity contribution in [3.63, 3.8) is 0 Å². The zero-order valence-electron chi connectivity index (χ0n) is 11.9. The Morgan fingerprint density at radius 1 is 1.19 bits per heavy atom. The minimum Gasteiger partial charge on any atom is -0.492 e. The van der Waals surface area contributed by atoms with Crippen LogP contribution in [0.4, 0.5) is 5.82 Å². The monoisotopic (exact) mass is 307 g/mol. The van der Waals surface area contributed by atoms with Crippen molar-refractivity contribution < 1.29 is 9.47 Å². The predicted molar refractivity (Wildman–Crippen MR) is 82.8 cm³/mol. The third kappa shape index (κ3) is 5.57. The van der Waals surface area contributed by atoms with Crippen LogP contribution in [0, 0.1) is 0 Å². The van der Waals surface area contributed by atoms with Gasteiger partial charge in [0.05, 0.1) is 6.54 Å². The molecule has 112 valence electrons. The number of para-hydroxylation sites is 1. The highest BCUT2D eigenvalue weighted by molar-refractivity contribution is 6.29. The first-order valence-electron chi connectivity index (χ1n) is 6.81. The normalized spacial score (nSPS) is 10.4. The van der Waals surface area contributed by atoms with Crippen molar-refractivity contribution in [2.24, 2.45) is 0 Å². The van der Waals surface area contributed by atoms with E-state index in [4.69, 9.17) is 21.1 Å². The van der Waals surface area contributed by atoms with E-state index in [1.807, 2.05) is 37.3 Å². The Kier molecular flexibility index (Phi) is 6.24. The number of benzene rings is 1. The molecule has 0 aliphatic rings. The van der Waals surface area contributed by atoms with Gasteiger partial charge in [-0.3, -0.25) is 0 Å². The van der Waals surface area contributed by atoms with Crippen molar-refractivity contribution in [1.82, 2.24) is 9.97 Å². The van der Waals surface area contributed by atoms with E-state index in [0.29, 0.717) is 43.2 Å². The van der Waals surface area contributed by atoms with Crippen LogP contribution in [0.1, 0.15) is 12.7 Å². The molecule has 1 heterocycles. The van der Waals surface area contributed by atoms with E-state index < -0.39 is 0 Å². The lowest BCUT2D eigenvalue weighted by atomic mass is 10.3. The van der Waals surface area contributed by atoms with Gasteiger partial charge in [-0.2, -0.15) is 0 Å². The Labute approximate surface area is 129 Å². The lowest BCUT2D eigenvalue weighted by molar-refractivity contribution is 0.128. The standard InChI is InChI=1S/C15H18ClN3O2/c1-2-20-11-15-18-13(16)10-14(19-15)17-8-9-21-12-6-4-3-5-7-12/h3-7,10H,2,8-9,11H2,1H3,(H,17,18,19). The van der Waals surface area contributed by atoms with Gasteiger partial charge in [-0.15, -0.1) is 0 Å². The number of nitrogens with zero attached hydrogens (tertiary/aromatic N) is 2. The third-order valence-electron chi connectivity index (χ3n) is 2.60. The fourth-order valence-electron chi connectivity index (χ4n) is 1.68. The van der Waals surface area contributed by atoms with Crippen LogP contribution in [0.3, 0.4) is 0 Å². The lowest BCUT2D eigenvalue weighted by Crippen LogP contribution is -2.13. The zero-order valence-corrected chi connectivity index (χ0v) is 12.6. The van der Waals surface area contributed by atoms with Crippen LogP contribution in [-0.4, -0.2) is 29.7 Å². The molecule has 1 aromatic carbocycles. The van der Waals surface area contributed by atoms with Crippen LogP contribution in [0.2, 0.25) is 5.15 Å². The van der Waals surface area contributed by atoms with Crippen molar-refractivity contribution in [2.75, 3.05) is 25.1 Å². The molecular weight excluding hydrogens is 290 g/mol. The molecule has 0 unspecified atom stereocenters. The average molecular weight is 308 g/mol. The highest BCUT2D eigenvalue weighted by Gasteiger charge is 2.03. The van der Waals surface area contributed by atoms with Gasteiger partial charge in [-0.05, 0) is 19.1 Å². The minimum atomic E-state index is 0.353. The number of rotatable bonds is 8. The molecule has 0 amide bonds. The molecule has 0 fully saturated rings. The summed E-state index contributed by atoms with van der Waals surface area (Å²) in [4.78, 5) is 8.43. The molecule has 0 saturated carbocycles. The highest BCUT2D eigenvalue weighted by atomic mass is 35.5. The Balaban J connectivity index is 1.81. The maximum atomic E-state index is 5.96. The van der Waals surface area contributed by atoms with Crippen LogP contribution in [0.5, 0.6) is 5.75 Å². The van der Waals surface area contributed by atoms with Gasteiger partial charge in [0, 0.05) is 12.7 Å². The quantitative estimate of drug-likeness (QED) is 0.600. The lowest BCUT2D eigenvalue weighted by Gasteiger charge is -2.09. The molecule has 2 rings (SSSR count). The number of anilines is 1. The van der Waals surface area contributed by atoms with Gasteiger partial charge < -0.3 is 14.8 Å². The Morgan fingerprint density at radius 2 is 2.00 bits per heavy atom. The Morgan fingerprint density at radius 3 is 2.76 bits per heavy atom. The summed E-state index contributed by atoms with van der Waals surface area (Å²) < 4.78 is 10.9. The van der Waals surface area contributed by atoms with Gasteiger partial charge >= 0.3 is 0 Å². The summed E-state index contributed by atoms with van der Waals surface area (Å²) in [6.07, 6.45) is 0. The van der Waals surface area contributed by atoms with E-state index in [-0.39, 0.29) is 0 Å². The molecule has 0 bridgehead atoms. The summed E-state index contributed by atoms with van der Waals surface area (Å²) in [7, 11) is 0. The molecule has 0 saturated heterocycles. The zero-order chi connectivity index (χ0) is 14.9. The number of hydrogen-bond acceptors (Lipinski definition) is 5. The van der Waals surface area contributed by atoms with E-state index in [9.17, 15) is 0 Å². The van der Waals surface area contributed by atoms with Gasteiger partial charge in [-0.25, -0.2) is 9.97 Å². The molecule has 6 heteroatoms. The second-order valence-corrected chi connectivity index (χ2v) is 4.60. The van der Waals surface area contributed by atoms with Crippen LogP contribution in [0.15, 0.2) is 36.4 Å². The number of aromatic nitrogens is 2. The van der Waals surface area contributed by atoms with E-state index in [0.717, 1.165) is 5.75 Å². The molecule has 5 nitrogen and oxygen atoms in total. The summed E-state index contributed by atoms with van der Waals surface area (Å²) in [6, 6.07) is 11.3.